The van der Waals surface area contributed by atoms with Gasteiger partial charge in [-0.25, -0.2) is 10.9 Å². The molecule has 0 radical (unpaired) electrons. The van der Waals surface area contributed by atoms with Crippen LogP contribution in [0.25, 0.3) is 0 Å². The van der Waals surface area contributed by atoms with Crippen LogP contribution in [0.3, 0.4) is 0 Å². The van der Waals surface area contributed by atoms with Gasteiger partial charge in [0, 0.05) is 12.2 Å². The average Bonchev–Trinajstić information content (AvgIpc) is 3.12. The number of hydrogen-bond acceptors (Lipinski definition) is 5. The van der Waals surface area contributed by atoms with Crippen molar-refractivity contribution in [3.8, 4) is 5.75 Å². The lowest BCUT2D eigenvalue weighted by atomic mass is 10.0. The van der Waals surface area contributed by atoms with Crippen molar-refractivity contribution in [2.75, 3.05) is 7.11 Å². The molecule has 1 aromatic carbocycles. The van der Waals surface area contributed by atoms with Crippen LogP contribution in [0.4, 0.5) is 0 Å². The molecule has 3 N–H and O–H groups in total. The molecule has 6 nitrogen and oxygen atoms in total. The molecule has 2 heterocycles. The lowest BCUT2D eigenvalue weighted by Crippen LogP contribution is -2.44. The number of nitrogens with zero attached hydrogens (tertiary/aromatic N) is 1. The molecule has 1 fully saturated rings. The number of aryl methyl sites for hydroxylation is 1. The SMILES string of the molecule is COc1ccc(C2CC(C(=O)N[C@@H](C)c3ncccc3C)NN2)cc1. The molecule has 1 aliphatic rings. The van der Waals surface area contributed by atoms with E-state index >= 15 is 0 Å². The molecule has 0 bridgehead atoms. The molecule has 132 valence electrons. The van der Waals surface area contributed by atoms with Crippen molar-refractivity contribution >= 4 is 5.91 Å². The Hall–Kier alpha value is -2.44. The Morgan fingerprint density at radius 1 is 1.28 bits per heavy atom. The summed E-state index contributed by atoms with van der Waals surface area (Å²) < 4.78 is 5.18. The minimum atomic E-state index is -0.279. The van der Waals surface area contributed by atoms with E-state index in [1.54, 1.807) is 13.3 Å². The topological polar surface area (TPSA) is 75.3 Å². The number of carbonyl (C=O) groups is 1. The van der Waals surface area contributed by atoms with Gasteiger partial charge in [0.05, 0.1) is 18.8 Å². The molecule has 1 aromatic heterocycles. The first kappa shape index (κ1) is 17.4. The number of methoxy groups -OCH3 is 1. The number of aromatic nitrogens is 1. The second-order valence-electron chi connectivity index (χ2n) is 6.34. The first-order valence-corrected chi connectivity index (χ1v) is 8.45. The largest absolute Gasteiger partial charge is 0.497 e. The van der Waals surface area contributed by atoms with Gasteiger partial charge in [-0.1, -0.05) is 18.2 Å². The average molecular weight is 340 g/mol. The summed E-state index contributed by atoms with van der Waals surface area (Å²) in [5, 5.41) is 3.05. The summed E-state index contributed by atoms with van der Waals surface area (Å²) in [5.74, 6) is 0.796. The monoisotopic (exact) mass is 340 g/mol. The molecule has 3 rings (SSSR count). The summed E-state index contributed by atoms with van der Waals surface area (Å²) >= 11 is 0. The third-order valence-corrected chi connectivity index (χ3v) is 4.56. The predicted molar refractivity (Wildman–Crippen MR) is 95.9 cm³/mol. The minimum absolute atomic E-state index is 0.0268. The number of amides is 1. The highest BCUT2D eigenvalue weighted by Gasteiger charge is 2.31. The smallest absolute Gasteiger partial charge is 0.239 e. The van der Waals surface area contributed by atoms with Gasteiger partial charge >= 0.3 is 0 Å². The van der Waals surface area contributed by atoms with E-state index in [1.807, 2.05) is 50.2 Å². The summed E-state index contributed by atoms with van der Waals surface area (Å²) in [6.45, 7) is 3.96. The zero-order chi connectivity index (χ0) is 17.8. The number of carbonyl (C=O) groups excluding carboxylic acids is 1. The van der Waals surface area contributed by atoms with Crippen LogP contribution in [0.5, 0.6) is 5.75 Å². The van der Waals surface area contributed by atoms with E-state index in [-0.39, 0.29) is 24.0 Å². The van der Waals surface area contributed by atoms with E-state index in [1.165, 1.54) is 0 Å². The Labute approximate surface area is 148 Å². The molecule has 2 aromatic rings. The third kappa shape index (κ3) is 3.97. The quantitative estimate of drug-likeness (QED) is 0.778. The normalized spacial score (nSPS) is 20.9. The fraction of sp³-hybridized carbons (Fsp3) is 0.368. The maximum atomic E-state index is 12.6. The molecule has 3 atom stereocenters. The molecular formula is C19H24N4O2. The molecule has 1 amide bonds. The summed E-state index contributed by atoms with van der Waals surface area (Å²) in [5.41, 5.74) is 9.38. The van der Waals surface area contributed by atoms with E-state index in [0.717, 1.165) is 22.6 Å². The number of benzene rings is 1. The molecule has 0 aliphatic carbocycles. The summed E-state index contributed by atoms with van der Waals surface area (Å²) in [4.78, 5) is 16.9. The van der Waals surface area contributed by atoms with Gasteiger partial charge in [-0.15, -0.1) is 0 Å². The Bertz CT molecular complexity index is 732. The van der Waals surface area contributed by atoms with Gasteiger partial charge in [0.1, 0.15) is 11.8 Å². The molecular weight excluding hydrogens is 316 g/mol. The molecule has 1 saturated heterocycles. The molecule has 2 unspecified atom stereocenters. The zero-order valence-electron chi connectivity index (χ0n) is 14.7. The van der Waals surface area contributed by atoms with Gasteiger partial charge in [-0.2, -0.15) is 0 Å². The first-order chi connectivity index (χ1) is 12.1. The van der Waals surface area contributed by atoms with Gasteiger partial charge in [0.25, 0.3) is 0 Å². The van der Waals surface area contributed by atoms with E-state index in [9.17, 15) is 4.79 Å². The van der Waals surface area contributed by atoms with Crippen LogP contribution in [0.2, 0.25) is 0 Å². The maximum absolute atomic E-state index is 12.6. The van der Waals surface area contributed by atoms with Crippen LogP contribution >= 0.6 is 0 Å². The first-order valence-electron chi connectivity index (χ1n) is 8.45. The van der Waals surface area contributed by atoms with Crippen molar-refractivity contribution in [3.05, 3.63) is 59.4 Å². The van der Waals surface area contributed by atoms with Gasteiger partial charge in [0.2, 0.25) is 5.91 Å². The predicted octanol–water partition coefficient (Wildman–Crippen LogP) is 2.18. The van der Waals surface area contributed by atoms with E-state index in [0.29, 0.717) is 6.42 Å². The van der Waals surface area contributed by atoms with Crippen molar-refractivity contribution in [1.82, 2.24) is 21.2 Å². The van der Waals surface area contributed by atoms with Gasteiger partial charge in [-0.3, -0.25) is 9.78 Å². The standard InChI is InChI=1S/C19H24N4O2/c1-12-5-4-10-20-18(12)13(2)21-19(24)17-11-16(22-23-17)14-6-8-15(25-3)9-7-14/h4-10,13,16-17,22-23H,11H2,1-3H3,(H,21,24)/t13-,16?,17?/m0/s1. The minimum Gasteiger partial charge on any atom is -0.497 e. The highest BCUT2D eigenvalue weighted by atomic mass is 16.5. The Morgan fingerprint density at radius 3 is 2.72 bits per heavy atom. The second-order valence-corrected chi connectivity index (χ2v) is 6.34. The van der Waals surface area contributed by atoms with Crippen LogP contribution in [-0.4, -0.2) is 24.0 Å². The van der Waals surface area contributed by atoms with E-state index < -0.39 is 0 Å². The second kappa shape index (κ2) is 7.63. The fourth-order valence-corrected chi connectivity index (χ4v) is 3.12. The molecule has 6 heteroatoms. The van der Waals surface area contributed by atoms with Crippen molar-refractivity contribution < 1.29 is 9.53 Å². The van der Waals surface area contributed by atoms with Gasteiger partial charge in [-0.05, 0) is 49.6 Å². The Balaban J connectivity index is 1.59. The zero-order valence-corrected chi connectivity index (χ0v) is 14.7. The Morgan fingerprint density at radius 2 is 2.04 bits per heavy atom. The third-order valence-electron chi connectivity index (χ3n) is 4.56. The van der Waals surface area contributed by atoms with Crippen LogP contribution in [-0.2, 0) is 4.79 Å². The molecule has 25 heavy (non-hydrogen) atoms. The van der Waals surface area contributed by atoms with Crippen molar-refractivity contribution in [1.29, 1.82) is 0 Å². The number of nitrogens with one attached hydrogen (secondary N) is 3. The van der Waals surface area contributed by atoms with Crippen LogP contribution < -0.4 is 20.9 Å². The summed E-state index contributed by atoms with van der Waals surface area (Å²) in [6, 6.07) is 11.5. The van der Waals surface area contributed by atoms with Crippen molar-refractivity contribution in [2.24, 2.45) is 0 Å². The van der Waals surface area contributed by atoms with Gasteiger partial charge in [0.15, 0.2) is 0 Å². The number of ether oxygens (including phenoxy) is 1. The maximum Gasteiger partial charge on any atom is 0.239 e. The number of hydrogen-bond donors (Lipinski definition) is 3. The molecule has 0 spiro atoms. The molecule has 1 aliphatic heterocycles. The van der Waals surface area contributed by atoms with E-state index in [4.69, 9.17) is 4.74 Å². The Kier molecular flexibility index (Phi) is 5.31. The number of pyridine rings is 1. The molecule has 0 saturated carbocycles. The van der Waals surface area contributed by atoms with Gasteiger partial charge < -0.3 is 10.1 Å². The fourth-order valence-electron chi connectivity index (χ4n) is 3.12. The lowest BCUT2D eigenvalue weighted by Gasteiger charge is -2.18. The number of hydrazine groups is 1. The summed E-state index contributed by atoms with van der Waals surface area (Å²) in [7, 11) is 1.65. The number of rotatable bonds is 5. The van der Waals surface area contributed by atoms with Crippen molar-refractivity contribution in [3.63, 3.8) is 0 Å². The van der Waals surface area contributed by atoms with Crippen LogP contribution in [0.1, 0.15) is 42.2 Å². The highest BCUT2D eigenvalue weighted by molar-refractivity contribution is 5.82. The van der Waals surface area contributed by atoms with Crippen molar-refractivity contribution in [2.45, 2.75) is 38.4 Å². The van der Waals surface area contributed by atoms with Crippen LogP contribution in [0, 0.1) is 6.92 Å². The van der Waals surface area contributed by atoms with E-state index in [2.05, 4.69) is 21.2 Å². The highest BCUT2D eigenvalue weighted by Crippen LogP contribution is 2.24. The van der Waals surface area contributed by atoms with Crippen LogP contribution in [0.15, 0.2) is 42.6 Å². The lowest BCUT2D eigenvalue weighted by molar-refractivity contribution is -0.123. The summed E-state index contributed by atoms with van der Waals surface area (Å²) in [6.07, 6.45) is 2.44.